The zero-order valence-corrected chi connectivity index (χ0v) is 14.7. The minimum atomic E-state index is 0.723. The maximum atomic E-state index is 3.71. The summed E-state index contributed by atoms with van der Waals surface area (Å²) in [5, 5.41) is 5.92. The Morgan fingerprint density at radius 1 is 1.42 bits per heavy atom. The first-order valence-electron chi connectivity index (χ1n) is 7.56. The molecule has 0 aliphatic heterocycles. The molecule has 1 heterocycles. The van der Waals surface area contributed by atoms with Crippen molar-refractivity contribution in [1.29, 1.82) is 0 Å². The second-order valence-electron chi connectivity index (χ2n) is 6.18. The highest BCUT2D eigenvalue weighted by Crippen LogP contribution is 2.36. The summed E-state index contributed by atoms with van der Waals surface area (Å²) in [5.41, 5.74) is 0. The lowest BCUT2D eigenvalue weighted by molar-refractivity contribution is 0.169. The van der Waals surface area contributed by atoms with Gasteiger partial charge in [-0.2, -0.15) is 0 Å². The molecule has 1 aromatic rings. The maximum Gasteiger partial charge on any atom is 0.0285 e. The Labute approximate surface area is 130 Å². The van der Waals surface area contributed by atoms with E-state index in [1.807, 2.05) is 11.3 Å². The first kappa shape index (κ1) is 15.5. The summed E-state index contributed by atoms with van der Waals surface area (Å²) in [6, 6.07) is 3.02. The van der Waals surface area contributed by atoms with Crippen molar-refractivity contribution in [1.82, 2.24) is 5.32 Å². The van der Waals surface area contributed by atoms with Crippen molar-refractivity contribution < 1.29 is 0 Å². The number of hydrogen-bond donors (Lipinski definition) is 1. The third kappa shape index (κ3) is 4.30. The van der Waals surface area contributed by atoms with E-state index in [0.717, 1.165) is 30.3 Å². The second kappa shape index (κ2) is 7.24. The monoisotopic (exact) mass is 343 g/mol. The minimum absolute atomic E-state index is 0.723. The van der Waals surface area contributed by atoms with E-state index in [1.165, 1.54) is 35.0 Å². The van der Waals surface area contributed by atoms with Crippen molar-refractivity contribution in [2.75, 3.05) is 6.54 Å². The van der Waals surface area contributed by atoms with Gasteiger partial charge >= 0.3 is 0 Å². The van der Waals surface area contributed by atoms with E-state index in [-0.39, 0.29) is 0 Å². The Morgan fingerprint density at radius 2 is 2.21 bits per heavy atom. The van der Waals surface area contributed by atoms with Gasteiger partial charge in [-0.15, -0.1) is 11.3 Å². The first-order chi connectivity index (χ1) is 9.10. The molecule has 3 heteroatoms. The molecule has 19 heavy (non-hydrogen) atoms. The predicted molar refractivity (Wildman–Crippen MR) is 88.9 cm³/mol. The zero-order valence-electron chi connectivity index (χ0n) is 12.3. The smallest absolute Gasteiger partial charge is 0.0285 e. The average molecular weight is 344 g/mol. The van der Waals surface area contributed by atoms with Crippen LogP contribution in [0.2, 0.25) is 0 Å². The maximum absolute atomic E-state index is 3.71. The number of halogens is 1. The molecule has 1 saturated carbocycles. The van der Waals surface area contributed by atoms with Crippen molar-refractivity contribution in [3.63, 3.8) is 0 Å². The van der Waals surface area contributed by atoms with Gasteiger partial charge in [0.2, 0.25) is 0 Å². The van der Waals surface area contributed by atoms with Gasteiger partial charge in [0.25, 0.3) is 0 Å². The molecule has 0 spiro atoms. The molecule has 1 fully saturated rings. The number of hydrogen-bond acceptors (Lipinski definition) is 2. The fraction of sp³-hybridized carbons (Fsp3) is 0.750. The van der Waals surface area contributed by atoms with Gasteiger partial charge in [-0.05, 0) is 72.0 Å². The molecule has 1 aliphatic carbocycles. The van der Waals surface area contributed by atoms with Gasteiger partial charge in [0.1, 0.15) is 0 Å². The molecule has 2 rings (SSSR count). The van der Waals surface area contributed by atoms with E-state index in [9.17, 15) is 0 Å². The van der Waals surface area contributed by atoms with Crippen LogP contribution in [0.4, 0.5) is 0 Å². The number of nitrogens with one attached hydrogen (secondary N) is 1. The van der Waals surface area contributed by atoms with Gasteiger partial charge in [-0.3, -0.25) is 0 Å². The van der Waals surface area contributed by atoms with Crippen LogP contribution in [0.5, 0.6) is 0 Å². The van der Waals surface area contributed by atoms with E-state index in [1.54, 1.807) is 0 Å². The molecular weight excluding hydrogens is 318 g/mol. The molecule has 1 aliphatic rings. The number of thiophene rings is 1. The van der Waals surface area contributed by atoms with Crippen molar-refractivity contribution in [3.05, 3.63) is 20.8 Å². The average Bonchev–Trinajstić information content (AvgIpc) is 2.77. The highest BCUT2D eigenvalue weighted by molar-refractivity contribution is 9.10. The first-order valence-corrected chi connectivity index (χ1v) is 9.23. The van der Waals surface area contributed by atoms with Crippen molar-refractivity contribution in [2.45, 2.75) is 52.5 Å². The van der Waals surface area contributed by atoms with E-state index < -0.39 is 0 Å². The van der Waals surface area contributed by atoms with Crippen LogP contribution in [0.3, 0.4) is 0 Å². The summed E-state index contributed by atoms with van der Waals surface area (Å²) in [6.07, 6.45) is 5.40. The molecule has 3 unspecified atom stereocenters. The summed E-state index contributed by atoms with van der Waals surface area (Å²) < 4.78 is 1.24. The summed E-state index contributed by atoms with van der Waals surface area (Å²) in [7, 11) is 0. The highest BCUT2D eigenvalue weighted by Gasteiger charge is 2.31. The molecule has 1 N–H and O–H groups in total. The molecule has 0 amide bonds. The van der Waals surface area contributed by atoms with Gasteiger partial charge in [-0.25, -0.2) is 0 Å². The van der Waals surface area contributed by atoms with Gasteiger partial charge in [-0.1, -0.05) is 20.8 Å². The van der Waals surface area contributed by atoms with E-state index in [2.05, 4.69) is 53.5 Å². The fourth-order valence-corrected chi connectivity index (χ4v) is 4.93. The van der Waals surface area contributed by atoms with Crippen LogP contribution >= 0.6 is 27.3 Å². The second-order valence-corrected chi connectivity index (χ2v) is 8.09. The third-order valence-corrected chi connectivity index (χ3v) is 6.24. The van der Waals surface area contributed by atoms with Crippen LogP contribution in [0.1, 0.15) is 44.9 Å². The quantitative estimate of drug-likeness (QED) is 0.783. The minimum Gasteiger partial charge on any atom is -0.314 e. The summed E-state index contributed by atoms with van der Waals surface area (Å²) in [4.78, 5) is 1.53. The van der Waals surface area contributed by atoms with Gasteiger partial charge in [0.15, 0.2) is 0 Å². The molecule has 108 valence electrons. The summed E-state index contributed by atoms with van der Waals surface area (Å²) in [5.74, 6) is 2.56. The largest absolute Gasteiger partial charge is 0.314 e. The SMILES string of the molecule is CCNC1CCC(C(C)C)CC1Cc1cc(Br)cs1. The fourth-order valence-electron chi connectivity index (χ4n) is 3.38. The lowest BCUT2D eigenvalue weighted by Crippen LogP contribution is -2.42. The predicted octanol–water partition coefficient (Wildman–Crippen LogP) is 5.10. The normalized spacial score (nSPS) is 27.9. The standard InChI is InChI=1S/C16H26BrNS/c1-4-18-16-6-5-12(11(2)3)7-13(16)8-15-9-14(17)10-19-15/h9-13,16,18H,4-8H2,1-3H3. The van der Waals surface area contributed by atoms with Gasteiger partial charge in [0.05, 0.1) is 0 Å². The van der Waals surface area contributed by atoms with E-state index in [0.29, 0.717) is 0 Å². The van der Waals surface area contributed by atoms with Crippen molar-refractivity contribution >= 4 is 27.3 Å². The summed E-state index contributed by atoms with van der Waals surface area (Å²) >= 11 is 5.47. The molecule has 0 bridgehead atoms. The Hall–Kier alpha value is 0.140. The Bertz CT molecular complexity index is 388. The summed E-state index contributed by atoms with van der Waals surface area (Å²) in [6.45, 7) is 8.10. The molecule has 0 aromatic carbocycles. The van der Waals surface area contributed by atoms with Crippen LogP contribution in [0.25, 0.3) is 0 Å². The van der Waals surface area contributed by atoms with Crippen LogP contribution in [0, 0.1) is 17.8 Å². The third-order valence-electron chi connectivity index (χ3n) is 4.52. The lowest BCUT2D eigenvalue weighted by atomic mass is 9.72. The molecule has 0 saturated heterocycles. The van der Waals surface area contributed by atoms with Crippen molar-refractivity contribution in [3.8, 4) is 0 Å². The molecule has 1 aromatic heterocycles. The van der Waals surface area contributed by atoms with Crippen LogP contribution in [0.15, 0.2) is 15.9 Å². The molecule has 1 nitrogen and oxygen atoms in total. The molecule has 3 atom stereocenters. The van der Waals surface area contributed by atoms with E-state index in [4.69, 9.17) is 0 Å². The molecular formula is C16H26BrNS. The zero-order chi connectivity index (χ0) is 13.8. The van der Waals surface area contributed by atoms with Crippen LogP contribution in [-0.4, -0.2) is 12.6 Å². The van der Waals surface area contributed by atoms with E-state index >= 15 is 0 Å². The van der Waals surface area contributed by atoms with Gasteiger partial charge < -0.3 is 5.32 Å². The van der Waals surface area contributed by atoms with Gasteiger partial charge in [0, 0.05) is 20.8 Å². The van der Waals surface area contributed by atoms with Crippen molar-refractivity contribution in [2.24, 2.45) is 17.8 Å². The number of rotatable bonds is 5. The van der Waals surface area contributed by atoms with Crippen LogP contribution < -0.4 is 5.32 Å². The topological polar surface area (TPSA) is 12.0 Å². The molecule has 0 radical (unpaired) electrons. The highest BCUT2D eigenvalue weighted by atomic mass is 79.9. The Kier molecular flexibility index (Phi) is 5.91. The van der Waals surface area contributed by atoms with Crippen LogP contribution in [-0.2, 0) is 6.42 Å². The Balaban J connectivity index is 2.02. The lowest BCUT2D eigenvalue weighted by Gasteiger charge is -2.38. The Morgan fingerprint density at radius 3 is 2.79 bits per heavy atom.